The van der Waals surface area contributed by atoms with Gasteiger partial charge in [-0.25, -0.2) is 9.50 Å². The summed E-state index contributed by atoms with van der Waals surface area (Å²) >= 11 is 0. The number of allylic oxidation sites excluding steroid dienone is 1. The summed E-state index contributed by atoms with van der Waals surface area (Å²) < 4.78 is 28.9. The number of ether oxygens (including phenoxy) is 5. The molecule has 9 nitrogen and oxygen atoms in total. The van der Waals surface area contributed by atoms with Crippen molar-refractivity contribution in [3.8, 4) is 51.3 Å². The summed E-state index contributed by atoms with van der Waals surface area (Å²) in [5.74, 6) is 2.15. The molecule has 9 heteroatoms. The van der Waals surface area contributed by atoms with Crippen LogP contribution in [0.3, 0.4) is 0 Å². The van der Waals surface area contributed by atoms with Gasteiger partial charge >= 0.3 is 0 Å². The van der Waals surface area contributed by atoms with Crippen LogP contribution in [0.1, 0.15) is 16.1 Å². The van der Waals surface area contributed by atoms with Gasteiger partial charge < -0.3 is 23.7 Å². The van der Waals surface area contributed by atoms with E-state index in [1.54, 1.807) is 36.9 Å². The van der Waals surface area contributed by atoms with E-state index in [4.69, 9.17) is 33.8 Å². The topological polar surface area (TPSA) is 93.4 Å². The molecule has 0 saturated heterocycles. The van der Waals surface area contributed by atoms with Crippen molar-refractivity contribution in [2.24, 2.45) is 0 Å². The largest absolute Gasteiger partial charge is 0.493 e. The highest BCUT2D eigenvalue weighted by molar-refractivity contribution is 6.07. The van der Waals surface area contributed by atoms with Gasteiger partial charge in [0.1, 0.15) is 0 Å². The third-order valence-electron chi connectivity index (χ3n) is 6.55. The molecule has 5 rings (SSSR count). The van der Waals surface area contributed by atoms with E-state index < -0.39 is 0 Å². The summed E-state index contributed by atoms with van der Waals surface area (Å²) in [4.78, 5) is 18.0. The van der Waals surface area contributed by atoms with E-state index in [1.165, 1.54) is 27.4 Å². The van der Waals surface area contributed by atoms with E-state index in [2.05, 4.69) is 0 Å². The molecule has 0 radical (unpaired) electrons. The summed E-state index contributed by atoms with van der Waals surface area (Å²) in [6.07, 6.45) is 3.14. The smallest absolute Gasteiger partial charge is 0.203 e. The van der Waals surface area contributed by atoms with Gasteiger partial charge in [0.2, 0.25) is 5.75 Å². The molecule has 0 atom stereocenters. The van der Waals surface area contributed by atoms with Gasteiger partial charge in [-0.1, -0.05) is 30.3 Å². The highest BCUT2D eigenvalue weighted by Gasteiger charge is 2.17. The van der Waals surface area contributed by atoms with Crippen molar-refractivity contribution >= 4 is 17.5 Å². The second kappa shape index (κ2) is 11.8. The fourth-order valence-electron chi connectivity index (χ4n) is 4.51. The Morgan fingerprint density at radius 1 is 0.707 bits per heavy atom. The molecule has 0 N–H and O–H groups in total. The van der Waals surface area contributed by atoms with E-state index in [-0.39, 0.29) is 5.78 Å². The Bertz CT molecular complexity index is 1720. The lowest BCUT2D eigenvalue weighted by atomic mass is 10.1. The number of hydrogen-bond acceptors (Lipinski definition) is 8. The molecule has 0 aliphatic heterocycles. The van der Waals surface area contributed by atoms with Gasteiger partial charge in [0.05, 0.1) is 52.6 Å². The number of carbonyl (C=O) groups excluding carboxylic acids is 1. The Balaban J connectivity index is 1.60. The minimum atomic E-state index is -0.253. The molecule has 41 heavy (non-hydrogen) atoms. The molecule has 0 aliphatic carbocycles. The zero-order chi connectivity index (χ0) is 28.9. The predicted molar refractivity (Wildman–Crippen MR) is 156 cm³/mol. The van der Waals surface area contributed by atoms with E-state index in [0.717, 1.165) is 22.5 Å². The monoisotopic (exact) mass is 551 g/mol. The lowest BCUT2D eigenvalue weighted by molar-refractivity contribution is 0.104. The average Bonchev–Trinajstić information content (AvgIpc) is 3.46. The number of carbonyl (C=O) groups is 1. The second-order valence-electron chi connectivity index (χ2n) is 8.91. The maximum Gasteiger partial charge on any atom is 0.203 e. The maximum atomic E-state index is 13.2. The van der Waals surface area contributed by atoms with Crippen molar-refractivity contribution < 1.29 is 28.5 Å². The van der Waals surface area contributed by atoms with Crippen LogP contribution in [-0.4, -0.2) is 55.9 Å². The SMILES string of the molecule is COc1ccc(-c2cc(/C=C/C(=O)c3cc(OC)c(OC)c(OC)c3)nc3cc(-c4ccccc4)nn23)cc1OC. The number of methoxy groups -OCH3 is 5. The number of hydrogen-bond donors (Lipinski definition) is 0. The van der Waals surface area contributed by atoms with Crippen molar-refractivity contribution in [2.75, 3.05) is 35.5 Å². The van der Waals surface area contributed by atoms with E-state index >= 15 is 0 Å². The maximum absolute atomic E-state index is 13.2. The summed E-state index contributed by atoms with van der Waals surface area (Å²) in [7, 11) is 7.71. The van der Waals surface area contributed by atoms with Crippen molar-refractivity contribution in [3.05, 3.63) is 90.1 Å². The molecule has 0 saturated carbocycles. The van der Waals surface area contributed by atoms with Gasteiger partial charge in [0.25, 0.3) is 0 Å². The van der Waals surface area contributed by atoms with Gasteiger partial charge in [-0.05, 0) is 48.6 Å². The van der Waals surface area contributed by atoms with Crippen LogP contribution in [0.15, 0.2) is 78.9 Å². The fourth-order valence-corrected chi connectivity index (χ4v) is 4.51. The van der Waals surface area contributed by atoms with Crippen LogP contribution in [-0.2, 0) is 0 Å². The molecule has 0 amide bonds. The molecule has 0 fully saturated rings. The first kappa shape index (κ1) is 27.3. The number of ketones is 1. The quantitative estimate of drug-likeness (QED) is 0.154. The standard InChI is InChI=1S/C32H29N3O6/c1-37-27-14-11-21(15-28(27)38-2)25-18-23(33-31-19-24(34-35(25)31)20-9-7-6-8-10-20)12-13-26(36)22-16-29(39-3)32(41-5)30(17-22)40-4/h6-19H,1-5H3/b13-12+. The molecular weight excluding hydrogens is 522 g/mol. The molecular formula is C32H29N3O6. The van der Waals surface area contributed by atoms with Crippen LogP contribution in [0.25, 0.3) is 34.2 Å². The van der Waals surface area contributed by atoms with E-state index in [9.17, 15) is 4.79 Å². The van der Waals surface area contributed by atoms with Crippen LogP contribution in [0, 0.1) is 0 Å². The van der Waals surface area contributed by atoms with Crippen LogP contribution in [0.2, 0.25) is 0 Å². The van der Waals surface area contributed by atoms with Gasteiger partial charge in [-0.15, -0.1) is 0 Å². The van der Waals surface area contributed by atoms with Gasteiger partial charge in [0.15, 0.2) is 34.4 Å². The van der Waals surface area contributed by atoms with Gasteiger partial charge in [-0.2, -0.15) is 5.10 Å². The number of fused-ring (bicyclic) bond motifs is 1. The first-order valence-electron chi connectivity index (χ1n) is 12.7. The fraction of sp³-hybridized carbons (Fsp3) is 0.156. The lowest BCUT2D eigenvalue weighted by Gasteiger charge is -2.13. The minimum absolute atomic E-state index is 0.253. The molecule has 0 aliphatic rings. The van der Waals surface area contributed by atoms with E-state index in [1.807, 2.05) is 60.7 Å². The molecule has 2 aromatic heterocycles. The summed E-state index contributed by atoms with van der Waals surface area (Å²) in [5.41, 5.74) is 4.91. The van der Waals surface area contributed by atoms with Crippen LogP contribution >= 0.6 is 0 Å². The Labute approximate surface area is 237 Å². The van der Waals surface area contributed by atoms with Crippen molar-refractivity contribution in [1.82, 2.24) is 14.6 Å². The third-order valence-corrected chi connectivity index (χ3v) is 6.55. The molecule has 0 bridgehead atoms. The zero-order valence-corrected chi connectivity index (χ0v) is 23.4. The van der Waals surface area contributed by atoms with Crippen LogP contribution in [0.4, 0.5) is 0 Å². The van der Waals surface area contributed by atoms with Crippen LogP contribution < -0.4 is 23.7 Å². The number of aromatic nitrogens is 3. The first-order chi connectivity index (χ1) is 20.0. The molecule has 3 aromatic carbocycles. The first-order valence-corrected chi connectivity index (χ1v) is 12.7. The minimum Gasteiger partial charge on any atom is -0.493 e. The van der Waals surface area contributed by atoms with Crippen molar-refractivity contribution in [1.29, 1.82) is 0 Å². The summed E-state index contributed by atoms with van der Waals surface area (Å²) in [6.45, 7) is 0. The van der Waals surface area contributed by atoms with Gasteiger partial charge in [0, 0.05) is 22.8 Å². The highest BCUT2D eigenvalue weighted by atomic mass is 16.5. The Hall–Kier alpha value is -5.31. The Morgan fingerprint density at radius 2 is 1.39 bits per heavy atom. The summed E-state index contributed by atoms with van der Waals surface area (Å²) in [6, 6.07) is 22.5. The lowest BCUT2D eigenvalue weighted by Crippen LogP contribution is -2.01. The molecule has 0 spiro atoms. The number of nitrogens with zero attached hydrogens (tertiary/aromatic N) is 3. The zero-order valence-electron chi connectivity index (χ0n) is 23.4. The second-order valence-corrected chi connectivity index (χ2v) is 8.91. The molecule has 208 valence electrons. The third kappa shape index (κ3) is 5.42. The number of benzene rings is 3. The number of rotatable bonds is 10. The average molecular weight is 552 g/mol. The highest BCUT2D eigenvalue weighted by Crippen LogP contribution is 2.38. The Morgan fingerprint density at radius 3 is 2.02 bits per heavy atom. The molecule has 2 heterocycles. The van der Waals surface area contributed by atoms with Crippen molar-refractivity contribution in [3.63, 3.8) is 0 Å². The Kier molecular flexibility index (Phi) is 7.87. The van der Waals surface area contributed by atoms with Crippen molar-refractivity contribution in [2.45, 2.75) is 0 Å². The predicted octanol–water partition coefficient (Wildman–Crippen LogP) is 6.00. The summed E-state index contributed by atoms with van der Waals surface area (Å²) in [5, 5.41) is 4.85. The van der Waals surface area contributed by atoms with Crippen LogP contribution in [0.5, 0.6) is 28.7 Å². The van der Waals surface area contributed by atoms with Gasteiger partial charge in [-0.3, -0.25) is 4.79 Å². The van der Waals surface area contributed by atoms with E-state index in [0.29, 0.717) is 45.7 Å². The molecule has 5 aromatic rings. The molecule has 0 unspecified atom stereocenters. The normalized spacial score (nSPS) is 11.0.